The molecule has 104 valence electrons. The molecule has 20 heavy (non-hydrogen) atoms. The Morgan fingerprint density at radius 2 is 1.70 bits per heavy atom. The number of halogens is 1. The van der Waals surface area contributed by atoms with Gasteiger partial charge in [-0.2, -0.15) is 0 Å². The second-order valence-corrected chi connectivity index (χ2v) is 4.13. The zero-order chi connectivity index (χ0) is 14.9. The van der Waals surface area contributed by atoms with Crippen LogP contribution in [0, 0.1) is 5.82 Å². The number of hydrogen-bond donors (Lipinski definition) is 0. The van der Waals surface area contributed by atoms with Crippen LogP contribution in [0.15, 0.2) is 24.3 Å². The fourth-order valence-electron chi connectivity index (χ4n) is 1.88. The van der Waals surface area contributed by atoms with E-state index in [1.165, 1.54) is 25.1 Å². The van der Waals surface area contributed by atoms with Crippen molar-refractivity contribution in [2.45, 2.75) is 6.92 Å². The highest BCUT2D eigenvalue weighted by Crippen LogP contribution is 2.14. The highest BCUT2D eigenvalue weighted by Gasteiger charge is 2.44. The summed E-state index contributed by atoms with van der Waals surface area (Å²) in [6.07, 6.45) is 0. The summed E-state index contributed by atoms with van der Waals surface area (Å²) in [5.41, 5.74) is -0.226. The summed E-state index contributed by atoms with van der Waals surface area (Å²) in [4.78, 5) is 48.0. The molecule has 0 aromatic heterocycles. The second kappa shape index (κ2) is 5.20. The van der Waals surface area contributed by atoms with Crippen LogP contribution in [0.25, 0.3) is 0 Å². The van der Waals surface area contributed by atoms with Crippen molar-refractivity contribution in [1.82, 2.24) is 9.80 Å². The number of ketones is 1. The summed E-state index contributed by atoms with van der Waals surface area (Å²) in [5.74, 6) is -3.52. The predicted octanol–water partition coefficient (Wildman–Crippen LogP) is 0.819. The Labute approximate surface area is 113 Å². The Bertz CT molecular complexity index is 614. The molecular weight excluding hydrogens is 267 g/mol. The third kappa shape index (κ3) is 2.18. The SMILES string of the molecule is CCN1C(=O)C(=O)N(CC(=O)c2ccccc2F)C1=O. The van der Waals surface area contributed by atoms with Gasteiger partial charge in [0.25, 0.3) is 0 Å². The van der Waals surface area contributed by atoms with Crippen LogP contribution in [0.5, 0.6) is 0 Å². The molecule has 0 bridgehead atoms. The van der Waals surface area contributed by atoms with E-state index in [-0.39, 0.29) is 12.1 Å². The first-order valence-electron chi connectivity index (χ1n) is 5.92. The van der Waals surface area contributed by atoms with Gasteiger partial charge < -0.3 is 0 Å². The van der Waals surface area contributed by atoms with Crippen molar-refractivity contribution >= 4 is 23.6 Å². The second-order valence-electron chi connectivity index (χ2n) is 4.13. The van der Waals surface area contributed by atoms with Crippen LogP contribution in [0.3, 0.4) is 0 Å². The average molecular weight is 278 g/mol. The van der Waals surface area contributed by atoms with Gasteiger partial charge in [0.05, 0.1) is 12.1 Å². The van der Waals surface area contributed by atoms with Crippen molar-refractivity contribution in [3.63, 3.8) is 0 Å². The molecule has 0 N–H and O–H groups in total. The molecule has 0 unspecified atom stereocenters. The topological polar surface area (TPSA) is 74.8 Å². The highest BCUT2D eigenvalue weighted by atomic mass is 19.1. The minimum Gasteiger partial charge on any atom is -0.292 e. The maximum atomic E-state index is 13.4. The zero-order valence-corrected chi connectivity index (χ0v) is 10.6. The van der Waals surface area contributed by atoms with Crippen LogP contribution in [0.2, 0.25) is 0 Å². The maximum Gasteiger partial charge on any atom is 0.334 e. The molecular formula is C13H11FN2O4. The summed E-state index contributed by atoms with van der Waals surface area (Å²) in [5, 5.41) is 0. The Morgan fingerprint density at radius 1 is 1.10 bits per heavy atom. The van der Waals surface area contributed by atoms with E-state index < -0.39 is 36.0 Å². The normalized spacial score (nSPS) is 15.2. The van der Waals surface area contributed by atoms with Crippen molar-refractivity contribution in [2.24, 2.45) is 0 Å². The number of carbonyl (C=O) groups excluding carboxylic acids is 4. The molecule has 1 aliphatic heterocycles. The molecule has 1 aromatic rings. The molecule has 0 radical (unpaired) electrons. The Hall–Kier alpha value is -2.57. The number of amides is 4. The van der Waals surface area contributed by atoms with Gasteiger partial charge in [-0.25, -0.2) is 14.1 Å². The van der Waals surface area contributed by atoms with Gasteiger partial charge in [-0.05, 0) is 19.1 Å². The summed E-state index contributed by atoms with van der Waals surface area (Å²) >= 11 is 0. The first kappa shape index (κ1) is 13.9. The van der Waals surface area contributed by atoms with E-state index in [2.05, 4.69) is 0 Å². The zero-order valence-electron chi connectivity index (χ0n) is 10.6. The number of rotatable bonds is 4. The molecule has 4 amide bonds. The maximum absolute atomic E-state index is 13.4. The van der Waals surface area contributed by atoms with Crippen LogP contribution in [0.1, 0.15) is 17.3 Å². The van der Waals surface area contributed by atoms with Gasteiger partial charge in [0.15, 0.2) is 5.78 Å². The number of Topliss-reactive ketones (excluding diaryl/α,β-unsaturated/α-hetero) is 1. The first-order chi connectivity index (χ1) is 9.47. The lowest BCUT2D eigenvalue weighted by Gasteiger charge is -2.13. The highest BCUT2D eigenvalue weighted by molar-refractivity contribution is 6.45. The van der Waals surface area contributed by atoms with Gasteiger partial charge in [-0.1, -0.05) is 12.1 Å². The molecule has 1 aromatic carbocycles. The van der Waals surface area contributed by atoms with Gasteiger partial charge in [0.2, 0.25) is 0 Å². The number of hydrogen-bond acceptors (Lipinski definition) is 4. The minimum atomic E-state index is -1.07. The molecule has 2 rings (SSSR count). The number of likely N-dealkylation sites (N-methyl/N-ethyl adjacent to an activating group) is 1. The van der Waals surface area contributed by atoms with E-state index in [0.29, 0.717) is 4.90 Å². The molecule has 0 saturated carbocycles. The van der Waals surface area contributed by atoms with Gasteiger partial charge in [0.1, 0.15) is 5.82 Å². The molecule has 0 spiro atoms. The Balaban J connectivity index is 2.21. The van der Waals surface area contributed by atoms with Crippen molar-refractivity contribution in [3.8, 4) is 0 Å². The number of carbonyl (C=O) groups is 4. The van der Waals surface area contributed by atoms with Crippen LogP contribution in [-0.2, 0) is 9.59 Å². The van der Waals surface area contributed by atoms with Gasteiger partial charge in [0, 0.05) is 6.54 Å². The van der Waals surface area contributed by atoms with E-state index in [1.54, 1.807) is 0 Å². The molecule has 1 fully saturated rings. The van der Waals surface area contributed by atoms with Gasteiger partial charge >= 0.3 is 17.8 Å². The number of benzene rings is 1. The van der Waals surface area contributed by atoms with Crippen LogP contribution >= 0.6 is 0 Å². The van der Waals surface area contributed by atoms with Crippen molar-refractivity contribution in [1.29, 1.82) is 0 Å². The van der Waals surface area contributed by atoms with Crippen LogP contribution < -0.4 is 0 Å². The number of nitrogens with zero attached hydrogens (tertiary/aromatic N) is 2. The predicted molar refractivity (Wildman–Crippen MR) is 65.2 cm³/mol. The standard InChI is InChI=1S/C13H11FN2O4/c1-2-15-11(18)12(19)16(13(15)20)7-10(17)8-5-3-4-6-9(8)14/h3-6H,2,7H2,1H3. The minimum absolute atomic E-state index is 0.0355. The van der Waals surface area contributed by atoms with Crippen molar-refractivity contribution in [3.05, 3.63) is 35.6 Å². The van der Waals surface area contributed by atoms with E-state index in [4.69, 9.17) is 0 Å². The summed E-state index contributed by atoms with van der Waals surface area (Å²) < 4.78 is 13.4. The van der Waals surface area contributed by atoms with E-state index in [1.807, 2.05) is 0 Å². The van der Waals surface area contributed by atoms with Gasteiger partial charge in [-0.15, -0.1) is 0 Å². The summed E-state index contributed by atoms with van der Waals surface area (Å²) in [6, 6.07) is 4.38. The summed E-state index contributed by atoms with van der Waals surface area (Å²) in [7, 11) is 0. The fraction of sp³-hybridized carbons (Fsp3) is 0.231. The van der Waals surface area contributed by atoms with Gasteiger partial charge in [-0.3, -0.25) is 19.3 Å². The van der Waals surface area contributed by atoms with E-state index in [0.717, 1.165) is 11.0 Å². The number of imide groups is 2. The lowest BCUT2D eigenvalue weighted by atomic mass is 10.1. The molecule has 1 saturated heterocycles. The van der Waals surface area contributed by atoms with E-state index >= 15 is 0 Å². The largest absolute Gasteiger partial charge is 0.334 e. The molecule has 1 aliphatic rings. The molecule has 0 atom stereocenters. The van der Waals surface area contributed by atoms with Crippen LogP contribution in [0.4, 0.5) is 9.18 Å². The van der Waals surface area contributed by atoms with E-state index in [9.17, 15) is 23.6 Å². The fourth-order valence-corrected chi connectivity index (χ4v) is 1.88. The molecule has 0 aliphatic carbocycles. The lowest BCUT2D eigenvalue weighted by molar-refractivity contribution is -0.143. The average Bonchev–Trinajstić information content (AvgIpc) is 2.63. The van der Waals surface area contributed by atoms with Crippen LogP contribution in [-0.4, -0.2) is 46.5 Å². The Kier molecular flexibility index (Phi) is 3.60. The number of urea groups is 1. The Morgan fingerprint density at radius 3 is 2.25 bits per heavy atom. The lowest BCUT2D eigenvalue weighted by Crippen LogP contribution is -2.37. The van der Waals surface area contributed by atoms with Crippen molar-refractivity contribution < 1.29 is 23.6 Å². The monoisotopic (exact) mass is 278 g/mol. The molecule has 1 heterocycles. The smallest absolute Gasteiger partial charge is 0.292 e. The first-order valence-corrected chi connectivity index (χ1v) is 5.92. The summed E-state index contributed by atoms with van der Waals surface area (Å²) in [6.45, 7) is 0.917. The quantitative estimate of drug-likeness (QED) is 0.464. The molecule has 6 nitrogen and oxygen atoms in total. The van der Waals surface area contributed by atoms with Crippen molar-refractivity contribution in [2.75, 3.05) is 13.1 Å². The third-order valence-corrected chi connectivity index (χ3v) is 2.93. The third-order valence-electron chi connectivity index (χ3n) is 2.93. The molecule has 7 heteroatoms.